The molecule has 0 aliphatic heterocycles. The summed E-state index contributed by atoms with van der Waals surface area (Å²) in [5.41, 5.74) is -1.65. The fraction of sp³-hybridized carbons (Fsp3) is 0.750. The van der Waals surface area contributed by atoms with Crippen molar-refractivity contribution in [1.82, 2.24) is 0 Å². The lowest BCUT2D eigenvalue weighted by molar-refractivity contribution is 0.128. The molecule has 0 aromatic heterocycles. The molecule has 0 aromatic rings. The third-order valence-electron chi connectivity index (χ3n) is 0.330. The highest BCUT2D eigenvalue weighted by Gasteiger charge is 2.11. The molecule has 0 heterocycles. The summed E-state index contributed by atoms with van der Waals surface area (Å²) in [6.45, 7) is 3.68. The van der Waals surface area contributed by atoms with E-state index in [2.05, 4.69) is 6.92 Å². The van der Waals surface area contributed by atoms with Crippen molar-refractivity contribution in [3.8, 4) is 0 Å². The lowest BCUT2D eigenvalue weighted by Crippen LogP contribution is -2.17. The van der Waals surface area contributed by atoms with Crippen molar-refractivity contribution >= 4 is 0 Å². The van der Waals surface area contributed by atoms with Crippen LogP contribution in [0, 0.1) is 6.92 Å². The first-order valence-electron chi connectivity index (χ1n) is 1.71. The molecule has 0 fully saturated rings. The van der Waals surface area contributed by atoms with Gasteiger partial charge in [0, 0.05) is 0 Å². The molecule has 1 unspecified atom stereocenters. The number of hydrogen-bond donors (Lipinski definition) is 1. The largest absolute Gasteiger partial charge is 0.393 e. The van der Waals surface area contributed by atoms with Crippen LogP contribution >= 0.6 is 0 Å². The van der Waals surface area contributed by atoms with Gasteiger partial charge in [-0.1, -0.05) is 0 Å². The number of aliphatic hydroxyl groups is 1. The molecule has 37 valence electrons. The van der Waals surface area contributed by atoms with E-state index in [1.807, 2.05) is 0 Å². The predicted molar refractivity (Wildman–Crippen MR) is 22.0 cm³/mol. The van der Waals surface area contributed by atoms with Crippen molar-refractivity contribution in [2.75, 3.05) is 6.61 Å². The Balaban J connectivity index is 3.17. The standard InChI is InChI=1S/C4H8FO/c1-4(2,5)3-6/h6H,1,3H2,2H3. The highest BCUT2D eigenvalue weighted by molar-refractivity contribution is 4.72. The van der Waals surface area contributed by atoms with Gasteiger partial charge < -0.3 is 5.11 Å². The van der Waals surface area contributed by atoms with E-state index in [1.165, 1.54) is 6.92 Å². The number of alkyl halides is 1. The molecule has 0 aliphatic rings. The second-order valence-electron chi connectivity index (χ2n) is 1.57. The Bertz CT molecular complexity index is 37.3. The normalized spacial score (nSPS) is 12.0. The summed E-state index contributed by atoms with van der Waals surface area (Å²) < 4.78 is 11.8. The molecule has 0 rings (SSSR count). The summed E-state index contributed by atoms with van der Waals surface area (Å²) in [4.78, 5) is 0. The van der Waals surface area contributed by atoms with E-state index in [0.717, 1.165) is 0 Å². The van der Waals surface area contributed by atoms with Crippen LogP contribution in [0.3, 0.4) is 0 Å². The SMILES string of the molecule is [CH2]C(C)(F)CO. The summed E-state index contributed by atoms with van der Waals surface area (Å²) in [6, 6.07) is 0. The van der Waals surface area contributed by atoms with Crippen LogP contribution < -0.4 is 0 Å². The van der Waals surface area contributed by atoms with Crippen LogP contribution in [0.4, 0.5) is 4.39 Å². The predicted octanol–water partition coefficient (Wildman–Crippen LogP) is 0.541. The topological polar surface area (TPSA) is 20.2 Å². The molecule has 0 saturated heterocycles. The van der Waals surface area contributed by atoms with Gasteiger partial charge in [0.1, 0.15) is 5.67 Å². The third-order valence-corrected chi connectivity index (χ3v) is 0.330. The Kier molecular flexibility index (Phi) is 1.53. The van der Waals surface area contributed by atoms with Crippen LogP contribution in [0.1, 0.15) is 6.92 Å². The maximum Gasteiger partial charge on any atom is 0.131 e. The lowest BCUT2D eigenvalue weighted by Gasteiger charge is -2.05. The van der Waals surface area contributed by atoms with Gasteiger partial charge in [0.05, 0.1) is 6.61 Å². The molecule has 0 aromatic carbocycles. The van der Waals surface area contributed by atoms with Gasteiger partial charge in [-0.25, -0.2) is 4.39 Å². The van der Waals surface area contributed by atoms with Crippen molar-refractivity contribution in [2.45, 2.75) is 12.6 Å². The molecule has 1 nitrogen and oxygen atoms in total. The fourth-order valence-corrected chi connectivity index (χ4v) is 0. The maximum atomic E-state index is 11.8. The Morgan fingerprint density at radius 3 is 2.17 bits per heavy atom. The summed E-state index contributed by atoms with van der Waals surface area (Å²) in [6.07, 6.45) is 0. The van der Waals surface area contributed by atoms with E-state index >= 15 is 0 Å². The van der Waals surface area contributed by atoms with Gasteiger partial charge in [0.25, 0.3) is 0 Å². The average molecular weight is 91.1 g/mol. The van der Waals surface area contributed by atoms with E-state index in [4.69, 9.17) is 5.11 Å². The van der Waals surface area contributed by atoms with Gasteiger partial charge in [-0.05, 0) is 13.8 Å². The smallest absolute Gasteiger partial charge is 0.131 e. The Hall–Kier alpha value is -0.110. The van der Waals surface area contributed by atoms with Crippen molar-refractivity contribution < 1.29 is 9.50 Å². The van der Waals surface area contributed by atoms with Gasteiger partial charge in [-0.3, -0.25) is 0 Å². The zero-order valence-corrected chi connectivity index (χ0v) is 3.74. The molecular weight excluding hydrogens is 83.0 g/mol. The molecular formula is C4H8FO. The summed E-state index contributed by atoms with van der Waals surface area (Å²) in [7, 11) is 0. The van der Waals surface area contributed by atoms with Gasteiger partial charge in [0.2, 0.25) is 0 Å². The fourth-order valence-electron chi connectivity index (χ4n) is 0. The number of halogens is 1. The van der Waals surface area contributed by atoms with Crippen LogP contribution in [0.5, 0.6) is 0 Å². The highest BCUT2D eigenvalue weighted by Crippen LogP contribution is 2.03. The molecule has 1 N–H and O–H groups in total. The van der Waals surface area contributed by atoms with Gasteiger partial charge >= 0.3 is 0 Å². The van der Waals surface area contributed by atoms with Crippen molar-refractivity contribution in [1.29, 1.82) is 0 Å². The first-order chi connectivity index (χ1) is 2.56. The van der Waals surface area contributed by atoms with E-state index in [0.29, 0.717) is 0 Å². The van der Waals surface area contributed by atoms with Crippen LogP contribution in [0.2, 0.25) is 0 Å². The second-order valence-corrected chi connectivity index (χ2v) is 1.57. The zero-order chi connectivity index (χ0) is 5.21. The van der Waals surface area contributed by atoms with E-state index in [1.54, 1.807) is 0 Å². The summed E-state index contributed by atoms with van der Waals surface area (Å²) in [5, 5.41) is 7.97. The molecule has 0 amide bonds. The molecule has 0 aliphatic carbocycles. The number of hydrogen-bond acceptors (Lipinski definition) is 1. The molecule has 0 saturated carbocycles. The Morgan fingerprint density at radius 1 is 2.00 bits per heavy atom. The minimum Gasteiger partial charge on any atom is -0.393 e. The van der Waals surface area contributed by atoms with Gasteiger partial charge in [0.15, 0.2) is 0 Å². The van der Waals surface area contributed by atoms with E-state index in [9.17, 15) is 4.39 Å². The van der Waals surface area contributed by atoms with E-state index in [-0.39, 0.29) is 0 Å². The number of aliphatic hydroxyl groups excluding tert-OH is 1. The maximum absolute atomic E-state index is 11.8. The van der Waals surface area contributed by atoms with Crippen LogP contribution in [-0.4, -0.2) is 17.4 Å². The van der Waals surface area contributed by atoms with Crippen LogP contribution in [0.25, 0.3) is 0 Å². The van der Waals surface area contributed by atoms with Gasteiger partial charge in [-0.15, -0.1) is 0 Å². The minimum atomic E-state index is -1.65. The van der Waals surface area contributed by atoms with Gasteiger partial charge in [-0.2, -0.15) is 0 Å². The van der Waals surface area contributed by atoms with Crippen molar-refractivity contribution in [3.05, 3.63) is 6.92 Å². The lowest BCUT2D eigenvalue weighted by atomic mass is 10.2. The monoisotopic (exact) mass is 91.1 g/mol. The summed E-state index contributed by atoms with van der Waals surface area (Å²) >= 11 is 0. The third kappa shape index (κ3) is 3.89. The molecule has 0 bridgehead atoms. The minimum absolute atomic E-state index is 0.507. The first-order valence-corrected chi connectivity index (χ1v) is 1.71. The summed E-state index contributed by atoms with van der Waals surface area (Å²) in [5.74, 6) is 0. The molecule has 1 radical (unpaired) electrons. The van der Waals surface area contributed by atoms with Crippen LogP contribution in [-0.2, 0) is 0 Å². The first kappa shape index (κ1) is 5.89. The zero-order valence-electron chi connectivity index (χ0n) is 3.74. The van der Waals surface area contributed by atoms with Crippen LogP contribution in [0.15, 0.2) is 0 Å². The average Bonchev–Trinajstić information content (AvgIpc) is 1.35. The molecule has 1 atom stereocenters. The molecule has 6 heavy (non-hydrogen) atoms. The van der Waals surface area contributed by atoms with Crippen molar-refractivity contribution in [2.24, 2.45) is 0 Å². The van der Waals surface area contributed by atoms with Crippen molar-refractivity contribution in [3.63, 3.8) is 0 Å². The molecule has 2 heteroatoms. The second kappa shape index (κ2) is 1.56. The number of rotatable bonds is 1. The molecule has 0 spiro atoms. The Labute approximate surface area is 36.8 Å². The Morgan fingerprint density at radius 2 is 2.17 bits per heavy atom. The quantitative estimate of drug-likeness (QED) is 0.499. The highest BCUT2D eigenvalue weighted by atomic mass is 19.1. The van der Waals surface area contributed by atoms with E-state index < -0.39 is 12.3 Å².